The van der Waals surface area contributed by atoms with Gasteiger partial charge in [-0.25, -0.2) is 9.29 Å². The lowest BCUT2D eigenvalue weighted by Gasteiger charge is -2.37. The van der Waals surface area contributed by atoms with Gasteiger partial charge < -0.3 is 19.2 Å². The van der Waals surface area contributed by atoms with Gasteiger partial charge in [0.2, 0.25) is 5.78 Å². The van der Waals surface area contributed by atoms with Crippen LogP contribution >= 0.6 is 0 Å². The number of nitrogens with zero attached hydrogens (tertiary/aromatic N) is 2. The molecule has 8 nitrogen and oxygen atoms in total. The standard InChI is InChI=1S/C29H33F2N3O5/c1-18-5-9-21(30)17-24(18)33-28-32-23-12-6-19(15-25(23)38-28)16-26(35)29(31,34-13-3-4-14-34)39-22-10-7-20(8-11-22)27(36)37-2/h5-6,9,12,15,17,20,22H,3-4,7-8,10-11,13-14,16H2,1-2H3,(H,32,33)/t20-,22-,29?. The van der Waals surface area contributed by atoms with E-state index in [1.165, 1.54) is 24.1 Å². The molecular formula is C29H33F2N3O5. The maximum Gasteiger partial charge on any atom is 0.330 e. The third-order valence-corrected chi connectivity index (χ3v) is 7.65. The molecular weight excluding hydrogens is 508 g/mol. The molecule has 2 fully saturated rings. The van der Waals surface area contributed by atoms with Crippen LogP contribution in [0.15, 0.2) is 40.8 Å². The van der Waals surface area contributed by atoms with Crippen LogP contribution in [0.5, 0.6) is 0 Å². The fourth-order valence-electron chi connectivity index (χ4n) is 5.40. The van der Waals surface area contributed by atoms with E-state index in [1.54, 1.807) is 24.3 Å². The van der Waals surface area contributed by atoms with Crippen LogP contribution in [0.3, 0.4) is 0 Å². The molecule has 0 spiro atoms. The molecule has 1 aliphatic carbocycles. The summed E-state index contributed by atoms with van der Waals surface area (Å²) in [7, 11) is 1.36. The summed E-state index contributed by atoms with van der Waals surface area (Å²) in [6, 6.07) is 9.65. The summed E-state index contributed by atoms with van der Waals surface area (Å²) in [5.74, 6) is -4.08. The van der Waals surface area contributed by atoms with E-state index in [-0.39, 0.29) is 30.1 Å². The highest BCUT2D eigenvalue weighted by atomic mass is 19.2. The van der Waals surface area contributed by atoms with Crippen molar-refractivity contribution in [1.82, 2.24) is 9.88 Å². The van der Waals surface area contributed by atoms with Crippen LogP contribution in [-0.2, 0) is 25.5 Å². The van der Waals surface area contributed by atoms with E-state index in [9.17, 15) is 14.0 Å². The lowest BCUT2D eigenvalue weighted by atomic mass is 9.87. The van der Waals surface area contributed by atoms with Crippen molar-refractivity contribution in [3.63, 3.8) is 0 Å². The summed E-state index contributed by atoms with van der Waals surface area (Å²) >= 11 is 0. The maximum atomic E-state index is 16.5. The van der Waals surface area contributed by atoms with Gasteiger partial charge in [0.05, 0.1) is 19.1 Å². The number of anilines is 2. The average Bonchev–Trinajstić information content (AvgIpc) is 3.61. The molecule has 39 heavy (non-hydrogen) atoms. The number of methoxy groups -OCH3 is 1. The number of carbonyl (C=O) groups is 2. The molecule has 2 aromatic carbocycles. The van der Waals surface area contributed by atoms with Crippen molar-refractivity contribution in [3.8, 4) is 0 Å². The van der Waals surface area contributed by atoms with Gasteiger partial charge >= 0.3 is 11.9 Å². The highest BCUT2D eigenvalue weighted by molar-refractivity contribution is 5.88. The minimum Gasteiger partial charge on any atom is -0.469 e. The van der Waals surface area contributed by atoms with Gasteiger partial charge in [0.15, 0.2) is 5.58 Å². The second kappa shape index (κ2) is 11.4. The smallest absolute Gasteiger partial charge is 0.330 e. The van der Waals surface area contributed by atoms with Crippen molar-refractivity contribution in [2.45, 2.75) is 64.0 Å². The second-order valence-corrected chi connectivity index (χ2v) is 10.4. The number of fused-ring (bicyclic) bond motifs is 1. The van der Waals surface area contributed by atoms with E-state index in [0.29, 0.717) is 61.1 Å². The monoisotopic (exact) mass is 541 g/mol. The molecule has 2 heterocycles. The Labute approximate surface area is 225 Å². The van der Waals surface area contributed by atoms with E-state index in [2.05, 4.69) is 10.3 Å². The maximum absolute atomic E-state index is 16.5. The molecule has 1 aliphatic heterocycles. The predicted octanol–water partition coefficient (Wildman–Crippen LogP) is 5.60. The zero-order chi connectivity index (χ0) is 27.6. The summed E-state index contributed by atoms with van der Waals surface area (Å²) in [6.07, 6.45) is 2.98. The Morgan fingerprint density at radius 2 is 1.87 bits per heavy atom. The number of ketones is 1. The molecule has 1 saturated heterocycles. The first kappa shape index (κ1) is 27.2. The molecule has 10 heteroatoms. The molecule has 1 aromatic heterocycles. The summed E-state index contributed by atoms with van der Waals surface area (Å²) in [4.78, 5) is 31.2. The number of oxazole rings is 1. The van der Waals surface area contributed by atoms with Crippen LogP contribution in [0, 0.1) is 18.7 Å². The van der Waals surface area contributed by atoms with E-state index >= 15 is 4.39 Å². The number of halogens is 2. The predicted molar refractivity (Wildman–Crippen MR) is 141 cm³/mol. The Balaban J connectivity index is 1.30. The first-order valence-electron chi connectivity index (χ1n) is 13.4. The fourth-order valence-corrected chi connectivity index (χ4v) is 5.40. The van der Waals surface area contributed by atoms with Crippen molar-refractivity contribution in [1.29, 1.82) is 0 Å². The summed E-state index contributed by atoms with van der Waals surface area (Å²) in [6.45, 7) is 2.72. The molecule has 208 valence electrons. The van der Waals surface area contributed by atoms with Gasteiger partial charge in [-0.2, -0.15) is 9.37 Å². The SMILES string of the molecule is COC(=O)[C@H]1CC[C@H](OC(F)(C(=O)Cc2ccc3nc(Nc4cc(F)ccc4C)oc3c2)N2CCCC2)CC1. The number of likely N-dealkylation sites (tertiary alicyclic amines) is 1. The third kappa shape index (κ3) is 5.96. The second-order valence-electron chi connectivity index (χ2n) is 10.4. The number of nitrogens with one attached hydrogen (secondary N) is 1. The molecule has 3 aromatic rings. The lowest BCUT2D eigenvalue weighted by Crippen LogP contribution is -2.54. The van der Waals surface area contributed by atoms with Gasteiger partial charge in [0.25, 0.3) is 6.01 Å². The van der Waals surface area contributed by atoms with Gasteiger partial charge in [0, 0.05) is 25.2 Å². The quantitative estimate of drug-likeness (QED) is 0.277. The number of benzene rings is 2. The first-order chi connectivity index (χ1) is 18.7. The van der Waals surface area contributed by atoms with Gasteiger partial charge in [0.1, 0.15) is 11.3 Å². The van der Waals surface area contributed by atoms with Crippen molar-refractivity contribution >= 4 is 34.6 Å². The van der Waals surface area contributed by atoms with E-state index < -0.39 is 17.9 Å². The lowest BCUT2D eigenvalue weighted by molar-refractivity contribution is -0.252. The molecule has 1 N–H and O–H groups in total. The number of aryl methyl sites for hydroxylation is 1. The molecule has 0 bridgehead atoms. The number of aromatic nitrogens is 1. The molecule has 1 saturated carbocycles. The van der Waals surface area contributed by atoms with Gasteiger partial charge in [-0.1, -0.05) is 12.1 Å². The number of esters is 1. The number of ether oxygens (including phenoxy) is 2. The highest BCUT2D eigenvalue weighted by Crippen LogP contribution is 2.35. The number of alkyl halides is 1. The molecule has 2 aliphatic rings. The van der Waals surface area contributed by atoms with Gasteiger partial charge in [-0.05, 0) is 80.8 Å². The molecule has 1 atom stereocenters. The van der Waals surface area contributed by atoms with Crippen LogP contribution in [0.25, 0.3) is 11.1 Å². The number of hydrogen-bond donors (Lipinski definition) is 1. The Morgan fingerprint density at radius 3 is 2.59 bits per heavy atom. The van der Waals surface area contributed by atoms with Crippen LogP contribution in [-0.4, -0.2) is 53.9 Å². The van der Waals surface area contributed by atoms with E-state index in [0.717, 1.165) is 18.4 Å². The van der Waals surface area contributed by atoms with Crippen molar-refractivity contribution in [2.75, 3.05) is 25.5 Å². The zero-order valence-electron chi connectivity index (χ0n) is 22.2. The Bertz CT molecular complexity index is 1350. The minimum absolute atomic E-state index is 0.185. The summed E-state index contributed by atoms with van der Waals surface area (Å²) in [5.41, 5.74) is 2.89. The Morgan fingerprint density at radius 1 is 1.13 bits per heavy atom. The van der Waals surface area contributed by atoms with Crippen LogP contribution < -0.4 is 5.32 Å². The first-order valence-corrected chi connectivity index (χ1v) is 13.4. The summed E-state index contributed by atoms with van der Waals surface area (Å²) in [5, 5.41) is 2.98. The van der Waals surface area contributed by atoms with Crippen molar-refractivity contribution in [3.05, 3.63) is 53.3 Å². The molecule has 1 unspecified atom stereocenters. The van der Waals surface area contributed by atoms with Gasteiger partial charge in [-0.15, -0.1) is 0 Å². The summed E-state index contributed by atoms with van der Waals surface area (Å²) < 4.78 is 46.7. The van der Waals surface area contributed by atoms with E-state index in [4.69, 9.17) is 13.9 Å². The third-order valence-electron chi connectivity index (χ3n) is 7.65. The Kier molecular flexibility index (Phi) is 7.95. The van der Waals surface area contributed by atoms with Gasteiger partial charge in [-0.3, -0.25) is 9.59 Å². The van der Waals surface area contributed by atoms with Crippen LogP contribution in [0.2, 0.25) is 0 Å². The van der Waals surface area contributed by atoms with Crippen LogP contribution in [0.1, 0.15) is 49.7 Å². The molecule has 0 amide bonds. The molecule has 5 rings (SSSR count). The zero-order valence-corrected chi connectivity index (χ0v) is 22.2. The van der Waals surface area contributed by atoms with Crippen molar-refractivity contribution in [2.24, 2.45) is 5.92 Å². The average molecular weight is 542 g/mol. The largest absolute Gasteiger partial charge is 0.469 e. The molecule has 0 radical (unpaired) electrons. The normalized spacial score (nSPS) is 21.5. The number of carbonyl (C=O) groups excluding carboxylic acids is 2. The van der Waals surface area contributed by atoms with Crippen LogP contribution in [0.4, 0.5) is 20.5 Å². The number of hydrogen-bond acceptors (Lipinski definition) is 8. The Hall–Kier alpha value is -3.37. The minimum atomic E-state index is -2.54. The fraction of sp³-hybridized carbons (Fsp3) is 0.483. The number of rotatable bonds is 9. The van der Waals surface area contributed by atoms with Crippen molar-refractivity contribution < 1.29 is 32.3 Å². The topological polar surface area (TPSA) is 93.9 Å². The number of Topliss-reactive ketones (excluding diaryl/α,β-unsaturated/α-hetero) is 1. The highest BCUT2D eigenvalue weighted by Gasteiger charge is 2.48. The van der Waals surface area contributed by atoms with E-state index in [1.807, 2.05) is 6.92 Å².